The zero-order valence-corrected chi connectivity index (χ0v) is 22.6. The summed E-state index contributed by atoms with van der Waals surface area (Å²) in [6, 6.07) is 21.9. The molecule has 0 aliphatic heterocycles. The molecule has 3 rings (SSSR count). The number of nitrogens with one attached hydrogen (secondary N) is 1. The molecule has 0 saturated carbocycles. The van der Waals surface area contributed by atoms with Gasteiger partial charge in [-0.25, -0.2) is 0 Å². The summed E-state index contributed by atoms with van der Waals surface area (Å²) < 4.78 is 11.4. The van der Waals surface area contributed by atoms with Gasteiger partial charge in [0.25, 0.3) is 0 Å². The van der Waals surface area contributed by atoms with Gasteiger partial charge in [-0.2, -0.15) is 0 Å². The van der Waals surface area contributed by atoms with Crippen LogP contribution in [0.4, 0.5) is 0 Å². The molecule has 0 aliphatic rings. The Morgan fingerprint density at radius 3 is 2.26 bits per heavy atom. The summed E-state index contributed by atoms with van der Waals surface area (Å²) in [5.41, 5.74) is 7.85. The van der Waals surface area contributed by atoms with Crippen LogP contribution < -0.4 is 15.4 Å². The van der Waals surface area contributed by atoms with E-state index in [1.165, 1.54) is 38.7 Å². The quantitative estimate of drug-likeness (QED) is 0.227. The molecule has 1 unspecified atom stereocenters. The zero-order valence-electron chi connectivity index (χ0n) is 21.6. The summed E-state index contributed by atoms with van der Waals surface area (Å²) in [6.07, 6.45) is 2.11. The fraction of sp³-hybridized carbons (Fsp3) is 0.400. The van der Waals surface area contributed by atoms with Gasteiger partial charge in [0.1, 0.15) is 5.75 Å². The van der Waals surface area contributed by atoms with Crippen LogP contribution in [0.3, 0.4) is 0 Å². The molecule has 4 heteroatoms. The van der Waals surface area contributed by atoms with Crippen LogP contribution in [-0.2, 0) is 23.0 Å². The van der Waals surface area contributed by atoms with Gasteiger partial charge in [-0.3, -0.25) is 0 Å². The highest BCUT2D eigenvalue weighted by atomic mass is 31.1. The number of ether oxygens (including phenoxy) is 2. The molecule has 3 aromatic carbocycles. The van der Waals surface area contributed by atoms with Gasteiger partial charge >= 0.3 is 0 Å². The Kier molecular flexibility index (Phi) is 9.71. The molecule has 0 bridgehead atoms. The van der Waals surface area contributed by atoms with Crippen molar-refractivity contribution in [2.24, 2.45) is 0 Å². The van der Waals surface area contributed by atoms with Gasteiger partial charge in [0.15, 0.2) is 6.79 Å². The number of methoxy groups -OCH3 is 1. The second kappa shape index (κ2) is 12.5. The Morgan fingerprint density at radius 1 is 0.853 bits per heavy atom. The van der Waals surface area contributed by atoms with Crippen molar-refractivity contribution in [2.45, 2.75) is 65.7 Å². The molecule has 0 radical (unpaired) electrons. The largest absolute Gasteiger partial charge is 0.467 e. The highest BCUT2D eigenvalue weighted by Crippen LogP contribution is 2.51. The maximum atomic E-state index is 6.16. The first-order valence-corrected chi connectivity index (χ1v) is 13.3. The monoisotopic (exact) mass is 477 g/mol. The van der Waals surface area contributed by atoms with Crippen molar-refractivity contribution < 1.29 is 9.47 Å². The minimum absolute atomic E-state index is 0.0140. The van der Waals surface area contributed by atoms with Gasteiger partial charge in [0, 0.05) is 30.9 Å². The molecule has 0 spiro atoms. The lowest BCUT2D eigenvalue weighted by molar-refractivity contribution is 0.0494. The predicted molar refractivity (Wildman–Crippen MR) is 147 cm³/mol. The molecule has 0 fully saturated rings. The fourth-order valence-corrected chi connectivity index (χ4v) is 6.49. The number of aryl methyl sites for hydroxylation is 3. The molecule has 0 aliphatic carbocycles. The van der Waals surface area contributed by atoms with Crippen molar-refractivity contribution >= 4 is 13.9 Å². The van der Waals surface area contributed by atoms with Crippen molar-refractivity contribution in [1.82, 2.24) is 5.32 Å². The number of benzene rings is 3. The first-order valence-electron chi connectivity index (χ1n) is 12.3. The van der Waals surface area contributed by atoms with Crippen LogP contribution in [0.5, 0.6) is 5.75 Å². The van der Waals surface area contributed by atoms with Gasteiger partial charge < -0.3 is 14.8 Å². The summed E-state index contributed by atoms with van der Waals surface area (Å²) >= 11 is 0. The van der Waals surface area contributed by atoms with E-state index in [1.54, 1.807) is 7.11 Å². The standard InChI is InChI=1S/C30H40NO2P/c1-7-30(8-2,27-18-22(3)17-24(5)28(27)33-21-32-6)34-29-23(4)13-12-16-26(29)20-31-19-25-14-10-9-11-15-25/h9-18,31,34H,7-8,19-21H2,1-6H3. The second-order valence-electron chi connectivity index (χ2n) is 9.12. The zero-order chi connectivity index (χ0) is 24.6. The Balaban J connectivity index is 1.96. The van der Waals surface area contributed by atoms with E-state index in [4.69, 9.17) is 9.47 Å². The molecule has 0 amide bonds. The lowest BCUT2D eigenvalue weighted by Crippen LogP contribution is -2.27. The lowest BCUT2D eigenvalue weighted by Gasteiger charge is -2.36. The van der Waals surface area contributed by atoms with Gasteiger partial charge in [-0.1, -0.05) is 88.7 Å². The summed E-state index contributed by atoms with van der Waals surface area (Å²) in [5, 5.41) is 5.16. The van der Waals surface area contributed by atoms with Gasteiger partial charge in [-0.05, 0) is 61.2 Å². The minimum atomic E-state index is 0.0140. The molecule has 0 saturated heterocycles. The molecule has 182 valence electrons. The smallest absolute Gasteiger partial charge is 0.188 e. The molecular weight excluding hydrogens is 437 g/mol. The van der Waals surface area contributed by atoms with Crippen LogP contribution in [0.25, 0.3) is 0 Å². The Morgan fingerprint density at radius 2 is 1.59 bits per heavy atom. The van der Waals surface area contributed by atoms with E-state index >= 15 is 0 Å². The van der Waals surface area contributed by atoms with Gasteiger partial charge in [0.2, 0.25) is 0 Å². The van der Waals surface area contributed by atoms with E-state index in [2.05, 4.69) is 101 Å². The van der Waals surface area contributed by atoms with Crippen molar-refractivity contribution in [1.29, 1.82) is 0 Å². The van der Waals surface area contributed by atoms with E-state index in [0.717, 1.165) is 31.7 Å². The first-order chi connectivity index (χ1) is 16.4. The summed E-state index contributed by atoms with van der Waals surface area (Å²) in [7, 11) is 2.33. The topological polar surface area (TPSA) is 30.5 Å². The number of rotatable bonds is 12. The van der Waals surface area contributed by atoms with E-state index in [-0.39, 0.29) is 11.9 Å². The lowest BCUT2D eigenvalue weighted by atomic mass is 9.89. The number of hydrogen-bond acceptors (Lipinski definition) is 3. The third-order valence-electron chi connectivity index (χ3n) is 6.67. The molecular formula is C30H40NO2P. The molecule has 3 aromatic rings. The van der Waals surface area contributed by atoms with Gasteiger partial charge in [-0.15, -0.1) is 0 Å². The van der Waals surface area contributed by atoms with E-state index in [9.17, 15) is 0 Å². The van der Waals surface area contributed by atoms with E-state index in [1.807, 2.05) is 0 Å². The predicted octanol–water partition coefficient (Wildman–Crippen LogP) is 6.90. The molecule has 1 atom stereocenters. The maximum Gasteiger partial charge on any atom is 0.188 e. The van der Waals surface area contributed by atoms with Crippen LogP contribution in [0.15, 0.2) is 60.7 Å². The molecule has 34 heavy (non-hydrogen) atoms. The summed E-state index contributed by atoms with van der Waals surface area (Å²) in [4.78, 5) is 0. The summed E-state index contributed by atoms with van der Waals surface area (Å²) in [6.45, 7) is 13.2. The van der Waals surface area contributed by atoms with Crippen LogP contribution >= 0.6 is 8.58 Å². The van der Waals surface area contributed by atoms with E-state index in [0.29, 0.717) is 8.58 Å². The van der Waals surface area contributed by atoms with Crippen LogP contribution in [0.2, 0.25) is 0 Å². The van der Waals surface area contributed by atoms with Gasteiger partial charge in [0.05, 0.1) is 0 Å². The average Bonchev–Trinajstić information content (AvgIpc) is 2.84. The second-order valence-corrected chi connectivity index (χ2v) is 10.8. The van der Waals surface area contributed by atoms with Crippen LogP contribution in [0.1, 0.15) is 60.1 Å². The highest BCUT2D eigenvalue weighted by molar-refractivity contribution is 7.48. The Bertz CT molecular complexity index is 1060. The molecule has 1 N–H and O–H groups in total. The molecule has 3 nitrogen and oxygen atoms in total. The normalized spacial score (nSPS) is 11.9. The third-order valence-corrected chi connectivity index (χ3v) is 9.09. The maximum absolute atomic E-state index is 6.16. The van der Waals surface area contributed by atoms with Crippen LogP contribution in [-0.4, -0.2) is 13.9 Å². The van der Waals surface area contributed by atoms with Crippen molar-refractivity contribution in [3.05, 3.63) is 94.0 Å². The Hall–Kier alpha value is -2.19. The van der Waals surface area contributed by atoms with Crippen molar-refractivity contribution in [2.75, 3.05) is 13.9 Å². The molecule has 0 aromatic heterocycles. The molecule has 0 heterocycles. The van der Waals surface area contributed by atoms with E-state index < -0.39 is 0 Å². The average molecular weight is 478 g/mol. The minimum Gasteiger partial charge on any atom is -0.467 e. The Labute approximate surface area is 208 Å². The fourth-order valence-electron chi connectivity index (χ4n) is 4.73. The van der Waals surface area contributed by atoms with Crippen molar-refractivity contribution in [3.63, 3.8) is 0 Å². The van der Waals surface area contributed by atoms with Crippen LogP contribution in [0, 0.1) is 20.8 Å². The summed E-state index contributed by atoms with van der Waals surface area (Å²) in [5.74, 6) is 0.987. The third kappa shape index (κ3) is 6.27. The highest BCUT2D eigenvalue weighted by Gasteiger charge is 2.34. The SMILES string of the molecule is CCC(CC)(Pc1c(C)cccc1CNCc1ccccc1)c1cc(C)cc(C)c1OCOC. The number of hydrogen-bond donors (Lipinski definition) is 1. The first kappa shape index (κ1) is 26.4. The van der Waals surface area contributed by atoms with Crippen molar-refractivity contribution in [3.8, 4) is 5.75 Å².